The summed E-state index contributed by atoms with van der Waals surface area (Å²) < 4.78 is 1.60. The molecule has 4 heteroatoms. The molecular formula is C6H7BrN2S. The van der Waals surface area contributed by atoms with Crippen LogP contribution in [0.4, 0.5) is 5.82 Å². The first-order chi connectivity index (χ1) is 4.61. The minimum Gasteiger partial charge on any atom is -0.385 e. The monoisotopic (exact) mass is 218 g/mol. The molecule has 0 saturated carbocycles. The molecule has 0 aliphatic heterocycles. The van der Waals surface area contributed by atoms with Crippen molar-refractivity contribution in [2.75, 3.05) is 5.73 Å². The highest BCUT2D eigenvalue weighted by Crippen LogP contribution is 2.14. The average Bonchev–Trinajstić information content (AvgIpc) is 1.82. The molecule has 1 aromatic heterocycles. The van der Waals surface area contributed by atoms with Crippen LogP contribution in [0, 0.1) is 11.4 Å². The predicted molar refractivity (Wildman–Crippen MR) is 48.5 cm³/mol. The van der Waals surface area contributed by atoms with Crippen LogP contribution in [0.15, 0.2) is 10.7 Å². The minimum absolute atomic E-state index is 0.624. The Labute approximate surface area is 72.6 Å². The van der Waals surface area contributed by atoms with Gasteiger partial charge in [0.1, 0.15) is 5.82 Å². The zero-order valence-electron chi connectivity index (χ0n) is 5.44. The third-order valence-corrected chi connectivity index (χ3v) is 2.14. The fourth-order valence-electron chi connectivity index (χ4n) is 0.615. The molecule has 1 rings (SSSR count). The Morgan fingerprint density at radius 2 is 2.30 bits per heavy atom. The van der Waals surface area contributed by atoms with Crippen LogP contribution < -0.4 is 5.73 Å². The van der Waals surface area contributed by atoms with Crippen LogP contribution in [-0.2, 0) is 0 Å². The third kappa shape index (κ3) is 1.38. The van der Waals surface area contributed by atoms with E-state index in [9.17, 15) is 0 Å². The Hall–Kier alpha value is -0.350. The number of H-pyrrole nitrogens is 1. The maximum atomic E-state index is 5.57. The molecule has 0 spiro atoms. The van der Waals surface area contributed by atoms with Gasteiger partial charge in [0, 0.05) is 10.1 Å². The molecule has 0 saturated heterocycles. The van der Waals surface area contributed by atoms with Gasteiger partial charge >= 0.3 is 0 Å². The highest BCUT2D eigenvalue weighted by Gasteiger charge is 1.95. The molecule has 0 bridgehead atoms. The molecule has 1 heterocycles. The maximum Gasteiger partial charge on any atom is 0.105 e. The van der Waals surface area contributed by atoms with Gasteiger partial charge in [-0.05, 0) is 28.9 Å². The number of aromatic nitrogens is 1. The summed E-state index contributed by atoms with van der Waals surface area (Å²) in [5.74, 6) is 0.624. The number of aromatic amines is 1. The summed E-state index contributed by atoms with van der Waals surface area (Å²) in [6.45, 7) is 1.89. The van der Waals surface area contributed by atoms with Crippen molar-refractivity contribution in [3.8, 4) is 0 Å². The van der Waals surface area contributed by atoms with E-state index in [0.717, 1.165) is 14.7 Å². The van der Waals surface area contributed by atoms with Crippen molar-refractivity contribution < 1.29 is 0 Å². The van der Waals surface area contributed by atoms with Gasteiger partial charge in [0.25, 0.3) is 0 Å². The van der Waals surface area contributed by atoms with E-state index in [2.05, 4.69) is 20.9 Å². The standard InChI is InChI=1S/C6H7BrN2S/c1-3-4(10)2-5(7)9-6(3)8/h2H,1H3,(H3,8,9,10). The topological polar surface area (TPSA) is 41.8 Å². The highest BCUT2D eigenvalue weighted by atomic mass is 79.9. The van der Waals surface area contributed by atoms with Crippen molar-refractivity contribution >= 4 is 34.0 Å². The predicted octanol–water partition coefficient (Wildman–Crippen LogP) is 2.40. The van der Waals surface area contributed by atoms with Crippen molar-refractivity contribution in [2.24, 2.45) is 0 Å². The lowest BCUT2D eigenvalue weighted by Crippen LogP contribution is -1.94. The van der Waals surface area contributed by atoms with Gasteiger partial charge < -0.3 is 10.7 Å². The number of nitrogens with one attached hydrogen (secondary N) is 1. The maximum absolute atomic E-state index is 5.57. The fraction of sp³-hybridized carbons (Fsp3) is 0.167. The largest absolute Gasteiger partial charge is 0.385 e. The van der Waals surface area contributed by atoms with Crippen LogP contribution in [-0.4, -0.2) is 4.98 Å². The zero-order valence-corrected chi connectivity index (χ0v) is 7.84. The first-order valence-corrected chi connectivity index (χ1v) is 3.96. The second-order valence-corrected chi connectivity index (χ2v) is 3.31. The van der Waals surface area contributed by atoms with E-state index in [1.54, 1.807) is 0 Å². The number of rotatable bonds is 0. The van der Waals surface area contributed by atoms with Gasteiger partial charge in [-0.1, -0.05) is 12.2 Å². The summed E-state index contributed by atoms with van der Waals surface area (Å²) in [5.41, 5.74) is 6.50. The number of hydrogen-bond donors (Lipinski definition) is 2. The van der Waals surface area contributed by atoms with Crippen LogP contribution in [0.5, 0.6) is 0 Å². The quantitative estimate of drug-likeness (QED) is 0.519. The average molecular weight is 219 g/mol. The van der Waals surface area contributed by atoms with Crippen molar-refractivity contribution in [1.29, 1.82) is 0 Å². The van der Waals surface area contributed by atoms with E-state index in [1.165, 1.54) is 0 Å². The number of pyridine rings is 1. The minimum atomic E-state index is 0.624. The molecule has 1 aromatic rings. The lowest BCUT2D eigenvalue weighted by Gasteiger charge is -1.99. The van der Waals surface area contributed by atoms with Gasteiger partial charge in [-0.2, -0.15) is 0 Å². The van der Waals surface area contributed by atoms with E-state index >= 15 is 0 Å². The van der Waals surface area contributed by atoms with Gasteiger partial charge in [0.15, 0.2) is 0 Å². The molecule has 0 atom stereocenters. The van der Waals surface area contributed by atoms with E-state index in [-0.39, 0.29) is 0 Å². The number of hydrogen-bond acceptors (Lipinski definition) is 2. The molecule has 2 nitrogen and oxygen atoms in total. The van der Waals surface area contributed by atoms with Crippen molar-refractivity contribution in [3.63, 3.8) is 0 Å². The highest BCUT2D eigenvalue weighted by molar-refractivity contribution is 9.10. The third-order valence-electron chi connectivity index (χ3n) is 1.29. The summed E-state index contributed by atoms with van der Waals surface area (Å²) in [4.78, 5) is 2.91. The molecule has 0 aliphatic carbocycles. The number of halogens is 1. The Morgan fingerprint density at radius 1 is 1.70 bits per heavy atom. The number of nitrogen functional groups attached to an aromatic ring is 1. The lowest BCUT2D eigenvalue weighted by atomic mass is 10.3. The van der Waals surface area contributed by atoms with Crippen LogP contribution >= 0.6 is 28.1 Å². The SMILES string of the molecule is Cc1c(N)[nH]c(Br)cc1=S. The Kier molecular flexibility index (Phi) is 2.11. The first-order valence-electron chi connectivity index (χ1n) is 2.76. The smallest absolute Gasteiger partial charge is 0.105 e. The Morgan fingerprint density at radius 3 is 2.80 bits per heavy atom. The van der Waals surface area contributed by atoms with Gasteiger partial charge in [0.05, 0.1) is 4.60 Å². The van der Waals surface area contributed by atoms with Gasteiger partial charge in [-0.3, -0.25) is 0 Å². The fourth-order valence-corrected chi connectivity index (χ4v) is 1.44. The van der Waals surface area contributed by atoms with Crippen LogP contribution in [0.1, 0.15) is 5.56 Å². The first kappa shape index (κ1) is 7.75. The molecule has 0 unspecified atom stereocenters. The summed E-state index contributed by atoms with van der Waals surface area (Å²) in [7, 11) is 0. The molecule has 3 N–H and O–H groups in total. The summed E-state index contributed by atoms with van der Waals surface area (Å²) >= 11 is 8.24. The molecular weight excluding hydrogens is 212 g/mol. The molecule has 0 radical (unpaired) electrons. The van der Waals surface area contributed by atoms with E-state index in [1.807, 2.05) is 13.0 Å². The summed E-state index contributed by atoms with van der Waals surface area (Å²) in [6.07, 6.45) is 0. The van der Waals surface area contributed by atoms with Crippen LogP contribution in [0.2, 0.25) is 0 Å². The normalized spacial score (nSPS) is 9.80. The van der Waals surface area contributed by atoms with Crippen molar-refractivity contribution in [3.05, 3.63) is 20.7 Å². The Bertz CT molecular complexity index is 305. The van der Waals surface area contributed by atoms with Crippen LogP contribution in [0.25, 0.3) is 0 Å². The van der Waals surface area contributed by atoms with Crippen molar-refractivity contribution in [1.82, 2.24) is 4.98 Å². The van der Waals surface area contributed by atoms with Gasteiger partial charge in [-0.25, -0.2) is 0 Å². The van der Waals surface area contributed by atoms with Gasteiger partial charge in [0.2, 0.25) is 0 Å². The summed E-state index contributed by atoms with van der Waals surface area (Å²) in [5, 5.41) is 0. The van der Waals surface area contributed by atoms with Gasteiger partial charge in [-0.15, -0.1) is 0 Å². The molecule has 0 fully saturated rings. The zero-order chi connectivity index (χ0) is 7.72. The summed E-state index contributed by atoms with van der Waals surface area (Å²) in [6, 6.07) is 1.82. The Balaban J connectivity index is 3.46. The molecule has 0 aromatic carbocycles. The van der Waals surface area contributed by atoms with E-state index in [4.69, 9.17) is 18.0 Å². The van der Waals surface area contributed by atoms with Crippen LogP contribution in [0.3, 0.4) is 0 Å². The molecule has 54 valence electrons. The van der Waals surface area contributed by atoms with Crippen molar-refractivity contribution in [2.45, 2.75) is 6.92 Å². The van der Waals surface area contributed by atoms with E-state index < -0.39 is 0 Å². The molecule has 10 heavy (non-hydrogen) atoms. The van der Waals surface area contributed by atoms with E-state index in [0.29, 0.717) is 5.82 Å². The lowest BCUT2D eigenvalue weighted by molar-refractivity contribution is 1.23. The molecule has 0 aliphatic rings. The molecule has 0 amide bonds. The number of anilines is 1. The second kappa shape index (κ2) is 2.72. The number of nitrogens with two attached hydrogens (primary N) is 1. The second-order valence-electron chi connectivity index (χ2n) is 2.02.